The predicted molar refractivity (Wildman–Crippen MR) is 62.6 cm³/mol. The van der Waals surface area contributed by atoms with Crippen molar-refractivity contribution in [2.24, 2.45) is 0 Å². The number of Topliss-reactive ketones (excluding diaryl/α,β-unsaturated/α-hetero) is 1. The Hall–Kier alpha value is -1.43. The number of ketones is 1. The molecular weight excluding hydrogens is 224 g/mol. The summed E-state index contributed by atoms with van der Waals surface area (Å²) in [5, 5.41) is 13.8. The van der Waals surface area contributed by atoms with Gasteiger partial charge in [0.15, 0.2) is 5.78 Å². The third kappa shape index (κ3) is 6.01. The summed E-state index contributed by atoms with van der Waals surface area (Å²) in [6, 6.07) is -1.12. The Morgan fingerprint density at radius 2 is 1.88 bits per heavy atom. The lowest BCUT2D eigenvalue weighted by molar-refractivity contribution is -0.137. The summed E-state index contributed by atoms with van der Waals surface area (Å²) in [5.41, 5.74) is 0. The summed E-state index contributed by atoms with van der Waals surface area (Å²) >= 11 is 0. The van der Waals surface area contributed by atoms with Crippen LogP contribution in [0.5, 0.6) is 0 Å². The van der Waals surface area contributed by atoms with Crippen molar-refractivity contribution in [1.82, 2.24) is 10.6 Å². The Kier molecular flexibility index (Phi) is 7.13. The number of likely N-dealkylation sites (N-methyl/N-ethyl adjacent to an activating group) is 1. The molecular formula is C11H20N2O4. The first-order chi connectivity index (χ1) is 7.92. The Balaban J connectivity index is 4.25. The SMILES string of the molecule is CCC(=O)[C@H](C)NC(=O)[C@H](CCC(=O)O)NC. The molecule has 17 heavy (non-hydrogen) atoms. The second-order valence-electron chi connectivity index (χ2n) is 3.82. The fraction of sp³-hybridized carbons (Fsp3) is 0.727. The molecule has 0 aliphatic rings. The van der Waals surface area contributed by atoms with Gasteiger partial charge in [0.1, 0.15) is 0 Å². The van der Waals surface area contributed by atoms with Crippen molar-refractivity contribution in [3.8, 4) is 0 Å². The molecule has 0 aliphatic carbocycles. The van der Waals surface area contributed by atoms with Crippen LogP contribution in [0.15, 0.2) is 0 Å². The summed E-state index contributed by atoms with van der Waals surface area (Å²) in [7, 11) is 1.58. The molecule has 0 fully saturated rings. The Labute approximate surface area is 101 Å². The molecule has 0 heterocycles. The number of hydrogen-bond acceptors (Lipinski definition) is 4. The van der Waals surface area contributed by atoms with Crippen LogP contribution in [0, 0.1) is 0 Å². The van der Waals surface area contributed by atoms with Gasteiger partial charge in [-0.25, -0.2) is 0 Å². The lowest BCUT2D eigenvalue weighted by atomic mass is 10.1. The smallest absolute Gasteiger partial charge is 0.303 e. The normalized spacial score (nSPS) is 13.8. The average Bonchev–Trinajstić information content (AvgIpc) is 2.28. The molecule has 98 valence electrons. The van der Waals surface area contributed by atoms with E-state index in [1.165, 1.54) is 0 Å². The Morgan fingerprint density at radius 3 is 2.29 bits per heavy atom. The Morgan fingerprint density at radius 1 is 1.29 bits per heavy atom. The largest absolute Gasteiger partial charge is 0.481 e. The van der Waals surface area contributed by atoms with Gasteiger partial charge in [0, 0.05) is 12.8 Å². The zero-order chi connectivity index (χ0) is 13.4. The van der Waals surface area contributed by atoms with E-state index in [0.717, 1.165) is 0 Å². The minimum absolute atomic E-state index is 0.0496. The van der Waals surface area contributed by atoms with Gasteiger partial charge in [0.2, 0.25) is 5.91 Å². The van der Waals surface area contributed by atoms with Gasteiger partial charge in [0.25, 0.3) is 0 Å². The number of nitrogens with one attached hydrogen (secondary N) is 2. The second-order valence-corrected chi connectivity index (χ2v) is 3.82. The summed E-state index contributed by atoms with van der Waals surface area (Å²) < 4.78 is 0. The first-order valence-corrected chi connectivity index (χ1v) is 5.64. The number of carboxylic acid groups (broad SMARTS) is 1. The number of aliphatic carboxylic acids is 1. The number of rotatable bonds is 8. The van der Waals surface area contributed by atoms with Crippen molar-refractivity contribution in [3.05, 3.63) is 0 Å². The maximum atomic E-state index is 11.7. The van der Waals surface area contributed by atoms with E-state index in [2.05, 4.69) is 10.6 Å². The minimum atomic E-state index is -0.948. The maximum Gasteiger partial charge on any atom is 0.303 e. The molecule has 6 heteroatoms. The first-order valence-electron chi connectivity index (χ1n) is 5.64. The van der Waals surface area contributed by atoms with Crippen LogP contribution in [0.1, 0.15) is 33.1 Å². The van der Waals surface area contributed by atoms with Crippen LogP contribution in [0.4, 0.5) is 0 Å². The second kappa shape index (κ2) is 7.78. The van der Waals surface area contributed by atoms with Crippen LogP contribution in [-0.2, 0) is 14.4 Å². The minimum Gasteiger partial charge on any atom is -0.481 e. The van der Waals surface area contributed by atoms with Gasteiger partial charge < -0.3 is 15.7 Å². The van der Waals surface area contributed by atoms with Crippen molar-refractivity contribution < 1.29 is 19.5 Å². The average molecular weight is 244 g/mol. The van der Waals surface area contributed by atoms with E-state index in [-0.39, 0.29) is 24.5 Å². The van der Waals surface area contributed by atoms with Crippen LogP contribution in [0.3, 0.4) is 0 Å². The summed E-state index contributed by atoms with van der Waals surface area (Å²) in [6.07, 6.45) is 0.473. The van der Waals surface area contributed by atoms with Crippen molar-refractivity contribution in [1.29, 1.82) is 0 Å². The third-order valence-corrected chi connectivity index (χ3v) is 2.50. The van der Waals surface area contributed by atoms with Gasteiger partial charge in [-0.15, -0.1) is 0 Å². The lowest BCUT2D eigenvalue weighted by Gasteiger charge is -2.18. The molecule has 0 bridgehead atoms. The number of hydrogen-bond donors (Lipinski definition) is 3. The molecule has 0 unspecified atom stereocenters. The maximum absolute atomic E-state index is 11.7. The molecule has 0 spiro atoms. The van der Waals surface area contributed by atoms with E-state index in [9.17, 15) is 14.4 Å². The predicted octanol–water partition coefficient (Wildman–Crippen LogP) is -0.0770. The van der Waals surface area contributed by atoms with Crippen molar-refractivity contribution >= 4 is 17.7 Å². The molecule has 0 rings (SSSR count). The van der Waals surface area contributed by atoms with Crippen LogP contribution < -0.4 is 10.6 Å². The summed E-state index contributed by atoms with van der Waals surface area (Å²) in [6.45, 7) is 3.35. The third-order valence-electron chi connectivity index (χ3n) is 2.50. The molecule has 0 saturated heterocycles. The highest BCUT2D eigenvalue weighted by Gasteiger charge is 2.21. The van der Waals surface area contributed by atoms with Gasteiger partial charge in [-0.1, -0.05) is 6.92 Å². The van der Waals surface area contributed by atoms with E-state index in [1.807, 2.05) is 0 Å². The fourth-order valence-corrected chi connectivity index (χ4v) is 1.37. The monoisotopic (exact) mass is 244 g/mol. The first kappa shape index (κ1) is 15.6. The molecule has 6 nitrogen and oxygen atoms in total. The summed E-state index contributed by atoms with van der Waals surface area (Å²) in [5.74, 6) is -1.34. The van der Waals surface area contributed by atoms with Gasteiger partial charge in [-0.05, 0) is 20.4 Å². The van der Waals surface area contributed by atoms with E-state index in [1.54, 1.807) is 20.9 Å². The molecule has 0 aromatic rings. The number of carboxylic acids is 1. The summed E-state index contributed by atoms with van der Waals surface area (Å²) in [4.78, 5) is 33.4. The van der Waals surface area contributed by atoms with Gasteiger partial charge in [0.05, 0.1) is 12.1 Å². The van der Waals surface area contributed by atoms with Crippen LogP contribution in [0.2, 0.25) is 0 Å². The van der Waals surface area contributed by atoms with E-state index < -0.39 is 18.1 Å². The molecule has 0 radical (unpaired) electrons. The number of carbonyl (C=O) groups excluding carboxylic acids is 2. The molecule has 3 N–H and O–H groups in total. The van der Waals surface area contributed by atoms with E-state index in [0.29, 0.717) is 6.42 Å². The molecule has 2 atom stereocenters. The Bertz CT molecular complexity index is 291. The van der Waals surface area contributed by atoms with Gasteiger partial charge in [-0.3, -0.25) is 14.4 Å². The van der Waals surface area contributed by atoms with E-state index >= 15 is 0 Å². The van der Waals surface area contributed by atoms with Crippen molar-refractivity contribution in [2.75, 3.05) is 7.05 Å². The fourth-order valence-electron chi connectivity index (χ4n) is 1.37. The van der Waals surface area contributed by atoms with Crippen molar-refractivity contribution in [3.63, 3.8) is 0 Å². The van der Waals surface area contributed by atoms with Gasteiger partial charge >= 0.3 is 5.97 Å². The van der Waals surface area contributed by atoms with Crippen LogP contribution in [0.25, 0.3) is 0 Å². The molecule has 0 aliphatic heterocycles. The molecule has 1 amide bonds. The van der Waals surface area contributed by atoms with E-state index in [4.69, 9.17) is 5.11 Å². The highest BCUT2D eigenvalue weighted by atomic mass is 16.4. The lowest BCUT2D eigenvalue weighted by Crippen LogP contribution is -2.48. The zero-order valence-corrected chi connectivity index (χ0v) is 10.4. The molecule has 0 saturated carbocycles. The molecule has 0 aromatic carbocycles. The molecule has 0 aromatic heterocycles. The highest BCUT2D eigenvalue weighted by molar-refractivity contribution is 5.90. The van der Waals surface area contributed by atoms with Crippen LogP contribution >= 0.6 is 0 Å². The number of amides is 1. The van der Waals surface area contributed by atoms with Crippen LogP contribution in [-0.4, -0.2) is 41.9 Å². The van der Waals surface area contributed by atoms with Crippen molar-refractivity contribution in [2.45, 2.75) is 45.2 Å². The standard InChI is InChI=1S/C11H20N2O4/c1-4-9(14)7(2)13-11(17)8(12-3)5-6-10(15)16/h7-8,12H,4-6H2,1-3H3,(H,13,17)(H,15,16)/t7-,8-/m0/s1. The highest BCUT2D eigenvalue weighted by Crippen LogP contribution is 1.99. The van der Waals surface area contributed by atoms with Gasteiger partial charge in [-0.2, -0.15) is 0 Å². The number of carbonyl (C=O) groups is 3. The topological polar surface area (TPSA) is 95.5 Å². The zero-order valence-electron chi connectivity index (χ0n) is 10.4. The quantitative estimate of drug-likeness (QED) is 0.555.